The average molecular weight is 327 g/mol. The van der Waals surface area contributed by atoms with Crippen LogP contribution in [0.4, 0.5) is 0 Å². The fraction of sp³-hybridized carbons (Fsp3) is 0.118. The third-order valence-corrected chi connectivity index (χ3v) is 4.43. The van der Waals surface area contributed by atoms with Crippen molar-refractivity contribution in [2.45, 2.75) is 13.5 Å². The van der Waals surface area contributed by atoms with Crippen LogP contribution in [0.3, 0.4) is 0 Å². The van der Waals surface area contributed by atoms with Crippen molar-refractivity contribution in [3.8, 4) is 0 Å². The van der Waals surface area contributed by atoms with E-state index >= 15 is 0 Å². The Morgan fingerprint density at radius 1 is 1.17 bits per heavy atom. The minimum absolute atomic E-state index is 0.155. The summed E-state index contributed by atoms with van der Waals surface area (Å²) in [5, 5.41) is 5.48. The van der Waals surface area contributed by atoms with Gasteiger partial charge in [0, 0.05) is 11.6 Å². The number of aromatic nitrogens is 2. The van der Waals surface area contributed by atoms with E-state index in [0.717, 1.165) is 16.6 Å². The van der Waals surface area contributed by atoms with Crippen LogP contribution < -0.4 is 4.72 Å². The third-order valence-electron chi connectivity index (χ3n) is 3.39. The molecule has 2 heterocycles. The summed E-state index contributed by atoms with van der Waals surface area (Å²) in [7, 11) is -3.51. The molecule has 0 aliphatic rings. The molecular formula is C17H17N3O2S. The summed E-state index contributed by atoms with van der Waals surface area (Å²) in [4.78, 5) is 0. The molecule has 0 aliphatic heterocycles. The van der Waals surface area contributed by atoms with E-state index in [1.165, 1.54) is 5.41 Å². The Morgan fingerprint density at radius 3 is 2.70 bits per heavy atom. The van der Waals surface area contributed by atoms with E-state index < -0.39 is 10.0 Å². The lowest BCUT2D eigenvalue weighted by Crippen LogP contribution is -2.20. The first-order valence-corrected chi connectivity index (χ1v) is 8.74. The van der Waals surface area contributed by atoms with Gasteiger partial charge in [0.1, 0.15) is 0 Å². The fourth-order valence-electron chi connectivity index (χ4n) is 2.15. The summed E-state index contributed by atoms with van der Waals surface area (Å²) in [6.07, 6.45) is 3.40. The second-order valence-corrected chi connectivity index (χ2v) is 6.94. The van der Waals surface area contributed by atoms with Crippen LogP contribution in [0.25, 0.3) is 11.6 Å². The van der Waals surface area contributed by atoms with Crippen molar-refractivity contribution in [1.29, 1.82) is 0 Å². The first kappa shape index (κ1) is 15.5. The molecule has 0 amide bonds. The van der Waals surface area contributed by atoms with Crippen molar-refractivity contribution in [3.63, 3.8) is 0 Å². The Bertz CT molecular complexity index is 908. The number of nitrogens with zero attached hydrogens (tertiary/aromatic N) is 2. The highest BCUT2D eigenvalue weighted by atomic mass is 32.2. The predicted molar refractivity (Wildman–Crippen MR) is 91.2 cm³/mol. The molecule has 0 bridgehead atoms. The molecule has 0 saturated heterocycles. The lowest BCUT2D eigenvalue weighted by molar-refractivity contribution is 0.589. The van der Waals surface area contributed by atoms with Crippen LogP contribution in [0.2, 0.25) is 0 Å². The molecule has 3 aromatic rings. The zero-order valence-electron chi connectivity index (χ0n) is 12.7. The molecule has 0 spiro atoms. The zero-order chi connectivity index (χ0) is 16.3. The smallest absolute Gasteiger partial charge is 0.234 e. The molecule has 3 rings (SSSR count). The van der Waals surface area contributed by atoms with E-state index in [0.29, 0.717) is 5.69 Å². The number of aryl methyl sites for hydroxylation is 1. The number of sulfonamides is 1. The van der Waals surface area contributed by atoms with Gasteiger partial charge in [-0.05, 0) is 36.8 Å². The Hall–Kier alpha value is -2.44. The predicted octanol–water partition coefficient (Wildman–Crippen LogP) is 2.73. The fourth-order valence-corrected chi connectivity index (χ4v) is 2.93. The maximum Gasteiger partial charge on any atom is 0.234 e. The topological polar surface area (TPSA) is 63.5 Å². The summed E-state index contributed by atoms with van der Waals surface area (Å²) in [5.41, 5.74) is 3.57. The normalized spacial score (nSPS) is 12.2. The van der Waals surface area contributed by atoms with E-state index in [4.69, 9.17) is 0 Å². The summed E-state index contributed by atoms with van der Waals surface area (Å²) < 4.78 is 28.3. The van der Waals surface area contributed by atoms with Crippen molar-refractivity contribution in [2.75, 3.05) is 0 Å². The highest BCUT2D eigenvalue weighted by Crippen LogP contribution is 2.08. The van der Waals surface area contributed by atoms with Crippen LogP contribution in [0.15, 0.2) is 60.1 Å². The quantitative estimate of drug-likeness (QED) is 0.784. The van der Waals surface area contributed by atoms with E-state index in [2.05, 4.69) is 9.82 Å². The van der Waals surface area contributed by atoms with Crippen LogP contribution in [-0.4, -0.2) is 18.0 Å². The minimum Gasteiger partial charge on any atom is -0.241 e. The van der Waals surface area contributed by atoms with Crippen molar-refractivity contribution in [1.82, 2.24) is 14.3 Å². The van der Waals surface area contributed by atoms with E-state index in [-0.39, 0.29) is 6.54 Å². The van der Waals surface area contributed by atoms with Gasteiger partial charge in [0.15, 0.2) is 0 Å². The van der Waals surface area contributed by atoms with Gasteiger partial charge in [0.25, 0.3) is 0 Å². The molecule has 0 radical (unpaired) electrons. The lowest BCUT2D eigenvalue weighted by Gasteiger charge is -2.00. The van der Waals surface area contributed by atoms with E-state index in [1.807, 2.05) is 61.7 Å². The van der Waals surface area contributed by atoms with Gasteiger partial charge in [0.05, 0.1) is 17.8 Å². The summed E-state index contributed by atoms with van der Waals surface area (Å²) in [6.45, 7) is 2.14. The second-order valence-electron chi connectivity index (χ2n) is 5.29. The molecule has 0 saturated carbocycles. The van der Waals surface area contributed by atoms with Gasteiger partial charge in [-0.1, -0.05) is 35.9 Å². The largest absolute Gasteiger partial charge is 0.241 e. The van der Waals surface area contributed by atoms with Crippen LogP contribution in [0.5, 0.6) is 0 Å². The van der Waals surface area contributed by atoms with E-state index in [1.54, 1.807) is 10.6 Å². The summed E-state index contributed by atoms with van der Waals surface area (Å²) in [5.74, 6) is 0. The maximum atomic E-state index is 12.0. The molecule has 118 valence electrons. The van der Waals surface area contributed by atoms with Crippen molar-refractivity contribution in [2.24, 2.45) is 0 Å². The molecule has 0 aliphatic carbocycles. The number of pyridine rings is 1. The van der Waals surface area contributed by atoms with Crippen LogP contribution in [0.1, 0.15) is 16.8 Å². The highest BCUT2D eigenvalue weighted by Gasteiger charge is 2.07. The number of rotatable bonds is 5. The Morgan fingerprint density at radius 2 is 1.96 bits per heavy atom. The first-order chi connectivity index (χ1) is 11.0. The third kappa shape index (κ3) is 4.06. The summed E-state index contributed by atoms with van der Waals surface area (Å²) in [6, 6.07) is 15.2. The first-order valence-electron chi connectivity index (χ1n) is 7.20. The summed E-state index contributed by atoms with van der Waals surface area (Å²) >= 11 is 0. The van der Waals surface area contributed by atoms with Gasteiger partial charge >= 0.3 is 0 Å². The lowest BCUT2D eigenvalue weighted by atomic mass is 10.2. The number of benzene rings is 1. The number of hydrogen-bond acceptors (Lipinski definition) is 3. The molecule has 1 N–H and O–H groups in total. The van der Waals surface area contributed by atoms with Gasteiger partial charge in [-0.3, -0.25) is 0 Å². The molecule has 23 heavy (non-hydrogen) atoms. The molecule has 6 heteroatoms. The van der Waals surface area contributed by atoms with Crippen LogP contribution >= 0.6 is 0 Å². The van der Waals surface area contributed by atoms with Gasteiger partial charge in [-0.2, -0.15) is 5.10 Å². The van der Waals surface area contributed by atoms with Crippen molar-refractivity contribution >= 4 is 21.6 Å². The Kier molecular flexibility index (Phi) is 4.27. The van der Waals surface area contributed by atoms with Gasteiger partial charge < -0.3 is 0 Å². The molecule has 2 aromatic heterocycles. The molecule has 0 fully saturated rings. The molecule has 0 unspecified atom stereocenters. The van der Waals surface area contributed by atoms with Crippen LogP contribution in [-0.2, 0) is 16.6 Å². The monoisotopic (exact) mass is 327 g/mol. The number of nitrogens with one attached hydrogen (secondary N) is 1. The number of fused-ring (bicyclic) bond motifs is 1. The highest BCUT2D eigenvalue weighted by molar-refractivity contribution is 7.92. The van der Waals surface area contributed by atoms with Gasteiger partial charge in [0.2, 0.25) is 10.0 Å². The molecule has 0 atom stereocenters. The molecule has 5 nitrogen and oxygen atoms in total. The van der Waals surface area contributed by atoms with Crippen molar-refractivity contribution < 1.29 is 8.42 Å². The van der Waals surface area contributed by atoms with E-state index in [9.17, 15) is 8.42 Å². The standard InChI is InChI=1S/C17H17N3O2S/c1-14-5-7-15(8-6-14)9-11-23(21,22)18-13-16-12-17-4-2-3-10-20(17)19-16/h2-12,18H,13H2,1H3/b11-9+. The zero-order valence-corrected chi connectivity index (χ0v) is 13.5. The Labute approximate surface area is 135 Å². The molecule has 1 aromatic carbocycles. The van der Waals surface area contributed by atoms with Crippen LogP contribution in [0, 0.1) is 6.92 Å². The van der Waals surface area contributed by atoms with Gasteiger partial charge in [-0.15, -0.1) is 0 Å². The maximum absolute atomic E-state index is 12.0. The second kappa shape index (κ2) is 6.36. The SMILES string of the molecule is Cc1ccc(/C=C/S(=O)(=O)NCc2cc3ccccn3n2)cc1. The van der Waals surface area contributed by atoms with Crippen molar-refractivity contribution in [3.05, 3.63) is 77.0 Å². The molecular weight excluding hydrogens is 310 g/mol. The Balaban J connectivity index is 1.67. The van der Waals surface area contributed by atoms with Gasteiger partial charge in [-0.25, -0.2) is 17.7 Å². The number of hydrogen-bond donors (Lipinski definition) is 1. The average Bonchev–Trinajstić information content (AvgIpc) is 2.96. The minimum atomic E-state index is -3.51.